The van der Waals surface area contributed by atoms with Gasteiger partial charge in [0.15, 0.2) is 5.03 Å². The Morgan fingerprint density at radius 1 is 1.09 bits per heavy atom. The average Bonchev–Trinajstić information content (AvgIpc) is 3.54. The van der Waals surface area contributed by atoms with Gasteiger partial charge in [-0.1, -0.05) is 47.5 Å². The van der Waals surface area contributed by atoms with Crippen molar-refractivity contribution in [1.82, 2.24) is 24.1 Å². The molecule has 15 heteroatoms. The first kappa shape index (κ1) is 31.3. The molecule has 1 aromatic heterocycles. The van der Waals surface area contributed by atoms with Crippen LogP contribution in [0.5, 0.6) is 0 Å². The van der Waals surface area contributed by atoms with Crippen molar-refractivity contribution in [2.75, 3.05) is 44.7 Å². The van der Waals surface area contributed by atoms with Gasteiger partial charge in [0.05, 0.1) is 11.9 Å². The van der Waals surface area contributed by atoms with Crippen LogP contribution in [0, 0.1) is 5.21 Å². The lowest BCUT2D eigenvalue weighted by Crippen LogP contribution is -3.02. The smallest absolute Gasteiger partial charge is 0.317 e. The zero-order chi connectivity index (χ0) is 32.1. The molecule has 0 spiro atoms. The highest BCUT2D eigenvalue weighted by molar-refractivity contribution is 7.89. The van der Waals surface area contributed by atoms with Crippen molar-refractivity contribution in [3.8, 4) is 0 Å². The molecule has 3 aliphatic heterocycles. The van der Waals surface area contributed by atoms with Crippen molar-refractivity contribution in [3.05, 3.63) is 93.4 Å². The first-order chi connectivity index (χ1) is 21.4. The molecule has 45 heavy (non-hydrogen) atoms. The minimum absolute atomic E-state index is 0.0262. The second-order valence-corrected chi connectivity index (χ2v) is 14.0. The lowest BCUT2D eigenvalue weighted by molar-refractivity contribution is -0.783. The molecule has 4 heterocycles. The Balaban J connectivity index is 1.39. The number of benzene rings is 2. The number of halogens is 2. The number of quaternary nitrogens is 1. The summed E-state index contributed by atoms with van der Waals surface area (Å²) < 4.78 is 31.0. The Bertz CT molecular complexity index is 1810. The molecule has 12 nitrogen and oxygen atoms in total. The van der Waals surface area contributed by atoms with Gasteiger partial charge in [0.1, 0.15) is 18.3 Å². The van der Waals surface area contributed by atoms with E-state index in [9.17, 15) is 23.2 Å². The number of carbonyl (C=O) groups excluding carboxylic acids is 2. The summed E-state index contributed by atoms with van der Waals surface area (Å²) in [7, 11) is -2.61. The van der Waals surface area contributed by atoms with Gasteiger partial charge in [-0.3, -0.25) is 9.36 Å². The van der Waals surface area contributed by atoms with Gasteiger partial charge in [0.2, 0.25) is 5.95 Å². The van der Waals surface area contributed by atoms with E-state index < -0.39 is 21.5 Å². The molecule has 2 atom stereocenters. The number of amides is 3. The van der Waals surface area contributed by atoms with Gasteiger partial charge in [-0.15, -0.1) is 0 Å². The summed E-state index contributed by atoms with van der Waals surface area (Å²) in [4.78, 5) is 33.8. The van der Waals surface area contributed by atoms with Crippen molar-refractivity contribution in [2.24, 2.45) is 0 Å². The summed E-state index contributed by atoms with van der Waals surface area (Å²) in [5.74, 6) is -0.284. The van der Waals surface area contributed by atoms with E-state index >= 15 is 0 Å². The summed E-state index contributed by atoms with van der Waals surface area (Å²) in [6, 6.07) is 11.9. The number of aromatic nitrogens is 2. The van der Waals surface area contributed by atoms with Crippen LogP contribution in [-0.2, 0) is 26.8 Å². The van der Waals surface area contributed by atoms with Gasteiger partial charge in [-0.2, -0.15) is 4.31 Å². The number of hydrogen-bond acceptors (Lipinski definition) is 6. The largest absolute Gasteiger partial charge is 0.629 e. The van der Waals surface area contributed by atoms with Gasteiger partial charge in [-0.25, -0.2) is 23.1 Å². The van der Waals surface area contributed by atoms with E-state index in [2.05, 4.69) is 10.3 Å². The van der Waals surface area contributed by atoms with Crippen molar-refractivity contribution in [1.29, 1.82) is 0 Å². The number of allylic oxidation sites excluding steroid dienone is 2. The number of anilines is 2. The topological polar surface area (TPSA) is 135 Å². The molecule has 1 saturated heterocycles. The molecule has 2 N–H and O–H groups in total. The first-order valence-electron chi connectivity index (χ1n) is 14.3. The average molecular weight is 673 g/mol. The van der Waals surface area contributed by atoms with E-state index in [1.54, 1.807) is 36.2 Å². The molecule has 0 saturated carbocycles. The molecule has 0 bridgehead atoms. The highest BCUT2D eigenvalue weighted by atomic mass is 35.5. The SMILES string of the molecule is CNC(=O)N1CCN(S(=O)(=O)c2cnc3n2[C@](C)(Cc2ccc(C4=C[NH+]([O-])CC=C4)cc2)C(=O)N3c2cc(Cl)cc(Cl)c2)CC1. The number of sulfonamides is 1. The molecule has 2 aromatic carbocycles. The molecular weight excluding hydrogens is 641 g/mol. The van der Waals surface area contributed by atoms with Crippen LogP contribution in [-0.4, -0.2) is 78.9 Å². The molecule has 3 aromatic rings. The number of imidazole rings is 1. The fraction of sp³-hybridized carbons (Fsp3) is 0.300. The number of fused-ring (bicyclic) bond motifs is 1. The normalized spacial score (nSPS) is 22.0. The molecule has 0 radical (unpaired) electrons. The Hall–Kier alpha value is -3.72. The van der Waals surface area contributed by atoms with E-state index in [-0.39, 0.29) is 54.7 Å². The van der Waals surface area contributed by atoms with E-state index in [0.29, 0.717) is 22.3 Å². The number of urea groups is 1. The molecule has 1 unspecified atom stereocenters. The van der Waals surface area contributed by atoms with Gasteiger partial charge in [0.25, 0.3) is 15.9 Å². The number of hydroxylamine groups is 2. The van der Waals surface area contributed by atoms with Crippen molar-refractivity contribution < 1.29 is 23.1 Å². The highest BCUT2D eigenvalue weighted by Crippen LogP contribution is 2.45. The van der Waals surface area contributed by atoms with Crippen molar-refractivity contribution in [3.63, 3.8) is 0 Å². The van der Waals surface area contributed by atoms with E-state index in [4.69, 9.17) is 23.2 Å². The summed E-state index contributed by atoms with van der Waals surface area (Å²) >= 11 is 12.6. The minimum atomic E-state index is -4.14. The zero-order valence-electron chi connectivity index (χ0n) is 24.5. The number of nitrogens with one attached hydrogen (secondary N) is 2. The van der Waals surface area contributed by atoms with Gasteiger partial charge >= 0.3 is 6.03 Å². The Labute approximate surface area is 270 Å². The van der Waals surface area contributed by atoms with Crippen LogP contribution in [0.25, 0.3) is 5.57 Å². The second-order valence-electron chi connectivity index (χ2n) is 11.3. The summed E-state index contributed by atoms with van der Waals surface area (Å²) in [5, 5.41) is 15.0. The summed E-state index contributed by atoms with van der Waals surface area (Å²) in [5.41, 5.74) is 1.37. The predicted octanol–water partition coefficient (Wildman–Crippen LogP) is 2.77. The van der Waals surface area contributed by atoms with Gasteiger partial charge in [-0.05, 0) is 48.4 Å². The Kier molecular flexibility index (Phi) is 8.27. The highest BCUT2D eigenvalue weighted by Gasteiger charge is 2.52. The molecule has 236 valence electrons. The maximum atomic E-state index is 14.4. The molecule has 3 amide bonds. The maximum Gasteiger partial charge on any atom is 0.317 e. The number of hydrogen-bond donors (Lipinski definition) is 2. The van der Waals surface area contributed by atoms with Crippen LogP contribution in [0.3, 0.4) is 0 Å². The fourth-order valence-electron chi connectivity index (χ4n) is 6.01. The first-order valence-corrected chi connectivity index (χ1v) is 16.5. The third-order valence-electron chi connectivity index (χ3n) is 8.29. The number of nitrogens with zero attached hydrogens (tertiary/aromatic N) is 5. The van der Waals surface area contributed by atoms with Crippen LogP contribution < -0.4 is 15.3 Å². The fourth-order valence-corrected chi connectivity index (χ4v) is 8.13. The Morgan fingerprint density at radius 3 is 2.38 bits per heavy atom. The van der Waals surface area contributed by atoms with Crippen molar-refractivity contribution in [2.45, 2.75) is 23.9 Å². The van der Waals surface area contributed by atoms with Crippen LogP contribution >= 0.6 is 23.2 Å². The lowest BCUT2D eigenvalue weighted by atomic mass is 9.91. The Morgan fingerprint density at radius 2 is 1.76 bits per heavy atom. The van der Waals surface area contributed by atoms with E-state index in [1.807, 2.05) is 36.4 Å². The van der Waals surface area contributed by atoms with Crippen LogP contribution in [0.1, 0.15) is 18.1 Å². The zero-order valence-corrected chi connectivity index (χ0v) is 26.9. The van der Waals surface area contributed by atoms with Gasteiger partial charge < -0.3 is 20.5 Å². The quantitative estimate of drug-likeness (QED) is 0.387. The summed E-state index contributed by atoms with van der Waals surface area (Å²) in [6.45, 7) is 2.66. The number of rotatable bonds is 6. The maximum absolute atomic E-state index is 14.4. The van der Waals surface area contributed by atoms with E-state index in [1.165, 1.54) is 27.0 Å². The summed E-state index contributed by atoms with van der Waals surface area (Å²) in [6.07, 6.45) is 6.73. The minimum Gasteiger partial charge on any atom is -0.629 e. The standard InChI is InChI=1S/C30H31Cl2N7O5S/c1-30(17-20-5-7-21(8-6-20)22-4-3-9-36(42)19-22)27(40)38(25-15-23(31)14-24(32)16-25)28-34-18-26(39(28)30)45(43,44)37-12-10-35(11-13-37)29(41)33-2/h3-8,14-16,18-19,36H,9-13,17H2,1-2H3,(H,33,41)/t30-/m1/s1. The van der Waals surface area contributed by atoms with Crippen LogP contribution in [0.4, 0.5) is 16.4 Å². The van der Waals surface area contributed by atoms with E-state index in [0.717, 1.165) is 16.7 Å². The second kappa shape index (κ2) is 11.9. The third-order valence-corrected chi connectivity index (χ3v) is 10.6. The molecule has 3 aliphatic rings. The monoisotopic (exact) mass is 671 g/mol. The molecule has 6 rings (SSSR count). The predicted molar refractivity (Wildman–Crippen MR) is 171 cm³/mol. The van der Waals surface area contributed by atoms with Gasteiger partial charge in [0, 0.05) is 55.3 Å². The molecule has 1 fully saturated rings. The third kappa shape index (κ3) is 5.64. The molecule has 0 aliphatic carbocycles. The van der Waals surface area contributed by atoms with Crippen LogP contribution in [0.15, 0.2) is 72.0 Å². The van der Waals surface area contributed by atoms with Crippen LogP contribution in [0.2, 0.25) is 10.0 Å². The molecular formula is C30H31Cl2N7O5S. The number of piperazine rings is 1. The number of carbonyl (C=O) groups is 2. The lowest BCUT2D eigenvalue weighted by Gasteiger charge is -2.34. The van der Waals surface area contributed by atoms with Crippen molar-refractivity contribution >= 4 is 62.4 Å².